The molecule has 0 radical (unpaired) electrons. The zero-order valence-electron chi connectivity index (χ0n) is 11.0. The zero-order chi connectivity index (χ0) is 13.1. The molecule has 0 saturated carbocycles. The van der Waals surface area contributed by atoms with Gasteiger partial charge in [-0.05, 0) is 31.2 Å². The van der Waals surface area contributed by atoms with Gasteiger partial charge in [0.05, 0.1) is 6.61 Å². The molecule has 0 unspecified atom stereocenters. The van der Waals surface area contributed by atoms with E-state index in [2.05, 4.69) is 0 Å². The van der Waals surface area contributed by atoms with E-state index in [1.807, 2.05) is 42.0 Å². The van der Waals surface area contributed by atoms with E-state index in [1.54, 1.807) is 19.0 Å². The number of rotatable bonds is 4. The summed E-state index contributed by atoms with van der Waals surface area (Å²) < 4.78 is 7.41. The molecule has 2 rings (SSSR count). The van der Waals surface area contributed by atoms with E-state index in [0.29, 0.717) is 13.2 Å². The second-order valence-corrected chi connectivity index (χ2v) is 4.39. The Labute approximate surface area is 107 Å². The zero-order valence-corrected chi connectivity index (χ0v) is 11.0. The number of ether oxygens (including phenoxy) is 1. The first-order valence-corrected chi connectivity index (χ1v) is 6.03. The summed E-state index contributed by atoms with van der Waals surface area (Å²) in [7, 11) is 3.53. The number of hydrogen-bond acceptors (Lipinski definition) is 2. The topological polar surface area (TPSA) is 34.5 Å². The van der Waals surface area contributed by atoms with Crippen LogP contribution in [-0.2, 0) is 11.3 Å². The predicted molar refractivity (Wildman–Crippen MR) is 71.8 cm³/mol. The molecule has 0 aliphatic carbocycles. The Morgan fingerprint density at radius 1 is 1.33 bits per heavy atom. The maximum atomic E-state index is 11.7. The molecule has 0 saturated heterocycles. The van der Waals surface area contributed by atoms with Crippen LogP contribution < -0.4 is 4.74 Å². The molecule has 0 atom stereocenters. The van der Waals surface area contributed by atoms with Gasteiger partial charge in [-0.15, -0.1) is 0 Å². The fraction of sp³-hybridized carbons (Fsp3) is 0.357. The lowest BCUT2D eigenvalue weighted by atomic mass is 10.2. The molecule has 0 bridgehead atoms. The Balaban J connectivity index is 2.28. The summed E-state index contributed by atoms with van der Waals surface area (Å²) in [6, 6.07) is 7.92. The van der Waals surface area contributed by atoms with Gasteiger partial charge in [-0.1, -0.05) is 0 Å². The van der Waals surface area contributed by atoms with Crippen molar-refractivity contribution in [3.63, 3.8) is 0 Å². The van der Waals surface area contributed by atoms with E-state index in [1.165, 1.54) is 0 Å². The number of aromatic nitrogens is 1. The molecule has 0 aliphatic rings. The van der Waals surface area contributed by atoms with Gasteiger partial charge in [0.1, 0.15) is 12.3 Å². The number of benzene rings is 1. The molecule has 18 heavy (non-hydrogen) atoms. The molecule has 0 fully saturated rings. The van der Waals surface area contributed by atoms with Gasteiger partial charge in [-0.25, -0.2) is 0 Å². The number of nitrogens with zero attached hydrogens (tertiary/aromatic N) is 2. The first kappa shape index (κ1) is 12.5. The summed E-state index contributed by atoms with van der Waals surface area (Å²) in [5, 5.41) is 1.09. The lowest BCUT2D eigenvalue weighted by Crippen LogP contribution is -2.25. The Kier molecular flexibility index (Phi) is 3.55. The van der Waals surface area contributed by atoms with Crippen LogP contribution in [0.4, 0.5) is 0 Å². The molecule has 4 nitrogen and oxygen atoms in total. The summed E-state index contributed by atoms with van der Waals surface area (Å²) in [6.07, 6.45) is 1.93. The molecule has 1 amide bonds. The Bertz CT molecular complexity index is 558. The quantitative estimate of drug-likeness (QED) is 0.828. The number of hydrogen-bond donors (Lipinski definition) is 0. The van der Waals surface area contributed by atoms with Crippen molar-refractivity contribution in [2.45, 2.75) is 13.5 Å². The smallest absolute Gasteiger partial charge is 0.241 e. The Hall–Kier alpha value is -1.97. The van der Waals surface area contributed by atoms with Crippen LogP contribution in [0.15, 0.2) is 30.5 Å². The lowest BCUT2D eigenvalue weighted by molar-refractivity contribution is -0.129. The summed E-state index contributed by atoms with van der Waals surface area (Å²) in [5.74, 6) is 0.947. The van der Waals surface area contributed by atoms with Crippen molar-refractivity contribution in [2.75, 3.05) is 20.7 Å². The Morgan fingerprint density at radius 2 is 2.11 bits per heavy atom. The number of likely N-dealkylation sites (N-methyl/N-ethyl adjacent to an activating group) is 1. The average Bonchev–Trinajstić information content (AvgIpc) is 2.72. The van der Waals surface area contributed by atoms with Gasteiger partial charge >= 0.3 is 0 Å². The van der Waals surface area contributed by atoms with Gasteiger partial charge in [-0.2, -0.15) is 0 Å². The van der Waals surface area contributed by atoms with Gasteiger partial charge < -0.3 is 14.2 Å². The highest BCUT2D eigenvalue weighted by Crippen LogP contribution is 2.22. The largest absolute Gasteiger partial charge is 0.494 e. The molecular formula is C14H18N2O2. The number of carbonyl (C=O) groups is 1. The van der Waals surface area contributed by atoms with E-state index in [9.17, 15) is 4.79 Å². The third-order valence-electron chi connectivity index (χ3n) is 2.86. The standard InChI is InChI=1S/C14H18N2O2/c1-4-18-12-5-6-13-11(9-12)7-8-16(13)10-14(17)15(2)3/h5-9H,4,10H2,1-3H3. The van der Waals surface area contributed by atoms with Gasteiger partial charge in [-0.3, -0.25) is 4.79 Å². The highest BCUT2D eigenvalue weighted by Gasteiger charge is 2.08. The SMILES string of the molecule is CCOc1ccc2c(ccn2CC(=O)N(C)C)c1. The molecule has 1 heterocycles. The van der Waals surface area contributed by atoms with Crippen LogP contribution in [0.1, 0.15) is 6.92 Å². The summed E-state index contributed by atoms with van der Waals surface area (Å²) in [6.45, 7) is 2.99. The third kappa shape index (κ3) is 2.47. The molecule has 96 valence electrons. The van der Waals surface area contributed by atoms with E-state index in [4.69, 9.17) is 4.74 Å². The van der Waals surface area contributed by atoms with Crippen molar-refractivity contribution < 1.29 is 9.53 Å². The Morgan fingerprint density at radius 3 is 2.78 bits per heavy atom. The normalized spacial score (nSPS) is 10.6. The van der Waals surface area contributed by atoms with Crippen LogP contribution in [0.25, 0.3) is 10.9 Å². The molecule has 1 aromatic carbocycles. The maximum absolute atomic E-state index is 11.7. The molecule has 1 aromatic heterocycles. The summed E-state index contributed by atoms with van der Waals surface area (Å²) in [4.78, 5) is 13.3. The summed E-state index contributed by atoms with van der Waals surface area (Å²) >= 11 is 0. The van der Waals surface area contributed by atoms with Crippen LogP contribution in [0.2, 0.25) is 0 Å². The molecule has 0 aliphatic heterocycles. The van der Waals surface area contributed by atoms with Crippen molar-refractivity contribution in [1.29, 1.82) is 0 Å². The van der Waals surface area contributed by atoms with Crippen LogP contribution in [0.3, 0.4) is 0 Å². The molecule has 0 N–H and O–H groups in total. The van der Waals surface area contributed by atoms with Crippen LogP contribution in [0, 0.1) is 0 Å². The monoisotopic (exact) mass is 246 g/mol. The predicted octanol–water partition coefficient (Wildman–Crippen LogP) is 2.13. The second-order valence-electron chi connectivity index (χ2n) is 4.39. The highest BCUT2D eigenvalue weighted by atomic mass is 16.5. The average molecular weight is 246 g/mol. The van der Waals surface area contributed by atoms with Crippen molar-refractivity contribution >= 4 is 16.8 Å². The minimum atomic E-state index is 0.0846. The third-order valence-corrected chi connectivity index (χ3v) is 2.86. The minimum absolute atomic E-state index is 0.0846. The maximum Gasteiger partial charge on any atom is 0.241 e. The van der Waals surface area contributed by atoms with Gasteiger partial charge in [0, 0.05) is 31.2 Å². The highest BCUT2D eigenvalue weighted by molar-refractivity contribution is 5.84. The lowest BCUT2D eigenvalue weighted by Gasteiger charge is -2.11. The molecular weight excluding hydrogens is 228 g/mol. The minimum Gasteiger partial charge on any atom is -0.494 e. The fourth-order valence-electron chi connectivity index (χ4n) is 1.86. The van der Waals surface area contributed by atoms with Crippen molar-refractivity contribution in [3.8, 4) is 5.75 Å². The molecule has 4 heteroatoms. The number of carbonyl (C=O) groups excluding carboxylic acids is 1. The number of fused-ring (bicyclic) bond motifs is 1. The van der Waals surface area contributed by atoms with Crippen LogP contribution in [0.5, 0.6) is 5.75 Å². The van der Waals surface area contributed by atoms with E-state index >= 15 is 0 Å². The van der Waals surface area contributed by atoms with Crippen molar-refractivity contribution in [1.82, 2.24) is 9.47 Å². The first-order chi connectivity index (χ1) is 8.61. The van der Waals surface area contributed by atoms with Crippen LogP contribution >= 0.6 is 0 Å². The van der Waals surface area contributed by atoms with E-state index in [0.717, 1.165) is 16.7 Å². The van der Waals surface area contributed by atoms with Gasteiger partial charge in [0.25, 0.3) is 0 Å². The van der Waals surface area contributed by atoms with Crippen LogP contribution in [-0.4, -0.2) is 36.1 Å². The first-order valence-electron chi connectivity index (χ1n) is 6.03. The fourth-order valence-corrected chi connectivity index (χ4v) is 1.86. The molecule has 0 spiro atoms. The van der Waals surface area contributed by atoms with Gasteiger partial charge in [0.2, 0.25) is 5.91 Å². The van der Waals surface area contributed by atoms with E-state index in [-0.39, 0.29) is 5.91 Å². The van der Waals surface area contributed by atoms with E-state index < -0.39 is 0 Å². The number of amides is 1. The van der Waals surface area contributed by atoms with Gasteiger partial charge in [0.15, 0.2) is 0 Å². The molecule has 2 aromatic rings. The van der Waals surface area contributed by atoms with Crippen molar-refractivity contribution in [2.24, 2.45) is 0 Å². The summed E-state index contributed by atoms with van der Waals surface area (Å²) in [5.41, 5.74) is 1.05. The van der Waals surface area contributed by atoms with Crippen molar-refractivity contribution in [3.05, 3.63) is 30.5 Å². The second kappa shape index (κ2) is 5.12.